The van der Waals surface area contributed by atoms with Crippen molar-refractivity contribution in [3.63, 3.8) is 0 Å². The van der Waals surface area contributed by atoms with Crippen molar-refractivity contribution in [3.8, 4) is 0 Å². The Bertz CT molecular complexity index is 426. The van der Waals surface area contributed by atoms with Gasteiger partial charge in [0.05, 0.1) is 0 Å². The average Bonchev–Trinajstić information content (AvgIpc) is 3.09. The molecule has 0 atom stereocenters. The van der Waals surface area contributed by atoms with Crippen molar-refractivity contribution in [2.24, 2.45) is 16.1 Å². The Morgan fingerprint density at radius 2 is 1.81 bits per heavy atom. The molecule has 1 heterocycles. The summed E-state index contributed by atoms with van der Waals surface area (Å²) < 4.78 is 0. The predicted octanol–water partition coefficient (Wildman–Crippen LogP) is 3.55. The van der Waals surface area contributed by atoms with Gasteiger partial charge in [-0.05, 0) is 6.42 Å². The lowest BCUT2D eigenvalue weighted by Gasteiger charge is -2.09. The van der Waals surface area contributed by atoms with Gasteiger partial charge in [0.15, 0.2) is 5.78 Å². The average molecular weight is 216 g/mol. The van der Waals surface area contributed by atoms with Crippen molar-refractivity contribution in [1.82, 2.24) is 0 Å². The van der Waals surface area contributed by atoms with Crippen LogP contribution in [0.25, 0.3) is 0 Å². The van der Waals surface area contributed by atoms with Crippen LogP contribution in [0.1, 0.15) is 43.1 Å². The summed E-state index contributed by atoms with van der Waals surface area (Å²) in [5.74, 6) is 0.225. The van der Waals surface area contributed by atoms with Gasteiger partial charge in [0.2, 0.25) is 5.66 Å². The second kappa shape index (κ2) is 3.81. The third-order valence-electron chi connectivity index (χ3n) is 2.99. The van der Waals surface area contributed by atoms with Gasteiger partial charge in [-0.2, -0.15) is 10.2 Å². The highest BCUT2D eigenvalue weighted by Gasteiger charge is 2.39. The lowest BCUT2D eigenvalue weighted by atomic mass is 9.96. The minimum absolute atomic E-state index is 0.0429. The lowest BCUT2D eigenvalue weighted by molar-refractivity contribution is 0.0939. The zero-order chi connectivity index (χ0) is 11.8. The molecule has 0 aliphatic carbocycles. The minimum Gasteiger partial charge on any atom is -0.294 e. The van der Waals surface area contributed by atoms with Gasteiger partial charge >= 0.3 is 0 Å². The fourth-order valence-electron chi connectivity index (χ4n) is 1.76. The van der Waals surface area contributed by atoms with Crippen LogP contribution in [0.5, 0.6) is 0 Å². The van der Waals surface area contributed by atoms with Gasteiger partial charge < -0.3 is 0 Å². The summed E-state index contributed by atoms with van der Waals surface area (Å²) in [5.41, 5.74) is 1.54. The van der Waals surface area contributed by atoms with Crippen LogP contribution in [-0.2, 0) is 5.66 Å². The molecule has 0 aromatic heterocycles. The first-order valence-corrected chi connectivity index (χ1v) is 5.68. The number of rotatable bonds is 4. The molecule has 0 radical (unpaired) electrons. The highest BCUT2D eigenvalue weighted by Crippen LogP contribution is 2.42. The fourth-order valence-corrected chi connectivity index (χ4v) is 1.76. The summed E-state index contributed by atoms with van der Waals surface area (Å²) in [6, 6.07) is 7.66. The molecule has 1 aromatic rings. The van der Waals surface area contributed by atoms with Crippen LogP contribution >= 0.6 is 0 Å². The molecule has 16 heavy (non-hydrogen) atoms. The first kappa shape index (κ1) is 11.0. The van der Waals surface area contributed by atoms with Gasteiger partial charge in [0.25, 0.3) is 0 Å². The molecule has 3 heteroatoms. The molecule has 84 valence electrons. The summed E-state index contributed by atoms with van der Waals surface area (Å²) in [5, 5.41) is 8.14. The summed E-state index contributed by atoms with van der Waals surface area (Å²) in [6.45, 7) is 5.89. The van der Waals surface area contributed by atoms with E-state index in [9.17, 15) is 4.79 Å². The van der Waals surface area contributed by atoms with E-state index < -0.39 is 0 Å². The first-order valence-electron chi connectivity index (χ1n) is 5.68. The third kappa shape index (κ3) is 1.77. The normalized spacial score (nSPS) is 16.5. The summed E-state index contributed by atoms with van der Waals surface area (Å²) in [7, 11) is 0. The summed E-state index contributed by atoms with van der Waals surface area (Å²) in [6.07, 6.45) is 0.879. The molecule has 3 nitrogen and oxygen atoms in total. The SMILES string of the molecule is CCC1(c2ccc(C(=O)C(C)C)cc2)N=N1. The zero-order valence-electron chi connectivity index (χ0n) is 9.90. The molecular weight excluding hydrogens is 200 g/mol. The smallest absolute Gasteiger partial charge is 0.215 e. The van der Waals surface area contributed by atoms with Crippen molar-refractivity contribution >= 4 is 5.78 Å². The van der Waals surface area contributed by atoms with E-state index in [4.69, 9.17) is 0 Å². The fraction of sp³-hybridized carbons (Fsp3) is 0.462. The van der Waals surface area contributed by atoms with Crippen LogP contribution in [0.15, 0.2) is 34.5 Å². The molecule has 1 aliphatic rings. The van der Waals surface area contributed by atoms with Gasteiger partial charge in [0.1, 0.15) is 0 Å². The number of carbonyl (C=O) groups is 1. The minimum atomic E-state index is -0.306. The van der Waals surface area contributed by atoms with E-state index in [-0.39, 0.29) is 17.4 Å². The van der Waals surface area contributed by atoms with Crippen molar-refractivity contribution in [3.05, 3.63) is 35.4 Å². The van der Waals surface area contributed by atoms with Gasteiger partial charge in [-0.3, -0.25) is 4.79 Å². The lowest BCUT2D eigenvalue weighted by Crippen LogP contribution is -2.09. The Hall–Kier alpha value is -1.51. The Kier molecular flexibility index (Phi) is 2.62. The van der Waals surface area contributed by atoms with Gasteiger partial charge in [-0.15, -0.1) is 0 Å². The topological polar surface area (TPSA) is 41.8 Å². The van der Waals surface area contributed by atoms with Crippen LogP contribution in [0.2, 0.25) is 0 Å². The molecule has 0 fully saturated rings. The number of carbonyl (C=O) groups excluding carboxylic acids is 1. The van der Waals surface area contributed by atoms with Crippen LogP contribution in [0.4, 0.5) is 0 Å². The van der Waals surface area contributed by atoms with E-state index in [0.29, 0.717) is 0 Å². The standard InChI is InChI=1S/C13H16N2O/c1-4-13(14-15-13)11-7-5-10(6-8-11)12(16)9(2)3/h5-9H,4H2,1-3H3. The monoisotopic (exact) mass is 216 g/mol. The van der Waals surface area contributed by atoms with Crippen molar-refractivity contribution in [2.45, 2.75) is 32.9 Å². The van der Waals surface area contributed by atoms with E-state index in [1.54, 1.807) is 0 Å². The van der Waals surface area contributed by atoms with Crippen LogP contribution in [-0.4, -0.2) is 5.78 Å². The molecule has 1 aliphatic heterocycles. The Balaban J connectivity index is 2.20. The van der Waals surface area contributed by atoms with Crippen LogP contribution in [0.3, 0.4) is 0 Å². The second-order valence-electron chi connectivity index (χ2n) is 4.47. The highest BCUT2D eigenvalue weighted by atomic mass is 16.1. The van der Waals surface area contributed by atoms with Crippen molar-refractivity contribution < 1.29 is 4.79 Å². The van der Waals surface area contributed by atoms with E-state index in [2.05, 4.69) is 17.2 Å². The number of nitrogens with zero attached hydrogens (tertiary/aromatic N) is 2. The van der Waals surface area contributed by atoms with Crippen molar-refractivity contribution in [2.75, 3.05) is 0 Å². The summed E-state index contributed by atoms with van der Waals surface area (Å²) in [4.78, 5) is 11.7. The molecule has 0 saturated heterocycles. The quantitative estimate of drug-likeness (QED) is 0.709. The third-order valence-corrected chi connectivity index (χ3v) is 2.99. The predicted molar refractivity (Wildman–Crippen MR) is 62.4 cm³/mol. The van der Waals surface area contributed by atoms with Gasteiger partial charge in [0, 0.05) is 17.0 Å². The maximum atomic E-state index is 11.7. The molecule has 0 N–H and O–H groups in total. The molecule has 0 amide bonds. The van der Waals surface area contributed by atoms with Crippen LogP contribution < -0.4 is 0 Å². The number of hydrogen-bond acceptors (Lipinski definition) is 3. The zero-order valence-corrected chi connectivity index (χ0v) is 9.90. The first-order chi connectivity index (χ1) is 7.59. The Labute approximate surface area is 95.6 Å². The highest BCUT2D eigenvalue weighted by molar-refractivity contribution is 5.97. The van der Waals surface area contributed by atoms with Gasteiger partial charge in [-0.1, -0.05) is 45.0 Å². The molecule has 1 aromatic carbocycles. The van der Waals surface area contributed by atoms with E-state index in [0.717, 1.165) is 17.5 Å². The number of hydrogen-bond donors (Lipinski definition) is 0. The van der Waals surface area contributed by atoms with E-state index in [1.165, 1.54) is 0 Å². The molecular formula is C13H16N2O. The largest absolute Gasteiger partial charge is 0.294 e. The Morgan fingerprint density at radius 1 is 1.25 bits per heavy atom. The Morgan fingerprint density at radius 3 is 2.19 bits per heavy atom. The second-order valence-corrected chi connectivity index (χ2v) is 4.47. The molecule has 0 unspecified atom stereocenters. The van der Waals surface area contributed by atoms with E-state index in [1.807, 2.05) is 38.1 Å². The van der Waals surface area contributed by atoms with Crippen LogP contribution in [0, 0.1) is 5.92 Å². The van der Waals surface area contributed by atoms with E-state index >= 15 is 0 Å². The maximum Gasteiger partial charge on any atom is 0.215 e. The molecule has 0 saturated carbocycles. The molecule has 0 spiro atoms. The maximum absolute atomic E-state index is 11.7. The van der Waals surface area contributed by atoms with Crippen molar-refractivity contribution in [1.29, 1.82) is 0 Å². The number of Topliss-reactive ketones (excluding diaryl/α,β-unsaturated/α-hetero) is 1. The van der Waals surface area contributed by atoms with Gasteiger partial charge in [-0.25, -0.2) is 0 Å². The molecule has 2 rings (SSSR count). The number of ketones is 1. The molecule has 0 bridgehead atoms. The summed E-state index contributed by atoms with van der Waals surface area (Å²) >= 11 is 0. The number of benzene rings is 1.